The molecule has 4 nitrogen and oxygen atoms in total. The predicted octanol–water partition coefficient (Wildman–Crippen LogP) is 4.39. The number of nitrogens with zero attached hydrogens (tertiary/aromatic N) is 1. The van der Waals surface area contributed by atoms with Crippen molar-refractivity contribution in [1.82, 2.24) is 9.88 Å². The van der Waals surface area contributed by atoms with E-state index in [4.69, 9.17) is 4.74 Å². The van der Waals surface area contributed by atoms with E-state index in [0.717, 1.165) is 30.9 Å². The van der Waals surface area contributed by atoms with Gasteiger partial charge in [0, 0.05) is 41.7 Å². The van der Waals surface area contributed by atoms with Gasteiger partial charge in [-0.2, -0.15) is 0 Å². The quantitative estimate of drug-likeness (QED) is 0.605. The molecule has 4 rings (SSSR count). The summed E-state index contributed by atoms with van der Waals surface area (Å²) >= 11 is 1.60. The van der Waals surface area contributed by atoms with Crippen LogP contribution in [0.1, 0.15) is 24.0 Å². The fraction of sp³-hybridized carbons (Fsp3) is 0.348. The molecule has 1 aliphatic rings. The minimum absolute atomic E-state index is 0.0658. The van der Waals surface area contributed by atoms with Gasteiger partial charge >= 0.3 is 0 Å². The van der Waals surface area contributed by atoms with Gasteiger partial charge in [0.2, 0.25) is 5.91 Å². The maximum atomic E-state index is 12.3. The van der Waals surface area contributed by atoms with Gasteiger partial charge in [-0.25, -0.2) is 0 Å². The molecule has 1 aromatic heterocycles. The lowest BCUT2D eigenvalue weighted by Gasteiger charge is -2.10. The second kappa shape index (κ2) is 8.84. The third-order valence-electron chi connectivity index (χ3n) is 5.10. The molecule has 146 valence electrons. The van der Waals surface area contributed by atoms with Gasteiger partial charge in [0.25, 0.3) is 0 Å². The number of ether oxygens (including phenoxy) is 1. The molecule has 5 heteroatoms. The van der Waals surface area contributed by atoms with Crippen LogP contribution in [0.3, 0.4) is 0 Å². The van der Waals surface area contributed by atoms with Crippen molar-refractivity contribution >= 4 is 28.6 Å². The lowest BCUT2D eigenvalue weighted by Crippen LogP contribution is -2.32. The minimum Gasteiger partial charge on any atom is -0.376 e. The molecule has 0 radical (unpaired) electrons. The lowest BCUT2D eigenvalue weighted by atomic mass is 10.1. The number of carbonyl (C=O) groups excluding carboxylic acids is 1. The summed E-state index contributed by atoms with van der Waals surface area (Å²) in [4.78, 5) is 13.4. The second-order valence-electron chi connectivity index (χ2n) is 7.36. The zero-order chi connectivity index (χ0) is 19.3. The van der Waals surface area contributed by atoms with Gasteiger partial charge in [0.05, 0.1) is 11.9 Å². The molecular weight excluding hydrogens is 368 g/mol. The standard InChI is InChI=1S/C23H26N2O2S/c1-17-6-4-7-18(12-17)14-25-15-22(20-9-2-3-10-21(20)25)28-16-23(26)24-13-19-8-5-11-27-19/h2-4,6-7,9-10,12,15,19H,5,8,11,13-14,16H2,1H3,(H,24,26). The molecule has 0 bridgehead atoms. The SMILES string of the molecule is Cc1cccc(Cn2cc(SCC(=O)NCC3CCCO3)c3ccccc32)c1. The van der Waals surface area contributed by atoms with Crippen LogP contribution in [-0.4, -0.2) is 35.5 Å². The Balaban J connectivity index is 1.44. The van der Waals surface area contributed by atoms with Crippen LogP contribution >= 0.6 is 11.8 Å². The molecule has 28 heavy (non-hydrogen) atoms. The number of aryl methyl sites for hydroxylation is 1. The molecule has 1 aliphatic heterocycles. The number of amides is 1. The summed E-state index contributed by atoms with van der Waals surface area (Å²) in [6.45, 7) is 4.38. The molecule has 2 aromatic carbocycles. The maximum absolute atomic E-state index is 12.3. The monoisotopic (exact) mass is 394 g/mol. The van der Waals surface area contributed by atoms with Gasteiger partial charge in [-0.3, -0.25) is 4.79 Å². The number of rotatable bonds is 7. The molecule has 0 aliphatic carbocycles. The number of benzene rings is 2. The van der Waals surface area contributed by atoms with Crippen LogP contribution < -0.4 is 5.32 Å². The zero-order valence-corrected chi connectivity index (χ0v) is 17.0. The molecule has 1 saturated heterocycles. The fourth-order valence-electron chi connectivity index (χ4n) is 3.69. The Hall–Kier alpha value is -2.24. The highest BCUT2D eigenvalue weighted by molar-refractivity contribution is 8.00. The van der Waals surface area contributed by atoms with E-state index >= 15 is 0 Å². The third kappa shape index (κ3) is 4.59. The average Bonchev–Trinajstić information content (AvgIpc) is 3.33. The van der Waals surface area contributed by atoms with E-state index in [9.17, 15) is 4.79 Å². The summed E-state index contributed by atoms with van der Waals surface area (Å²) in [5, 5.41) is 4.21. The fourth-order valence-corrected chi connectivity index (χ4v) is 4.61. The molecule has 3 aromatic rings. The van der Waals surface area contributed by atoms with Crippen molar-refractivity contribution in [3.05, 3.63) is 65.9 Å². The summed E-state index contributed by atoms with van der Waals surface area (Å²) in [5.41, 5.74) is 3.75. The smallest absolute Gasteiger partial charge is 0.230 e. The summed E-state index contributed by atoms with van der Waals surface area (Å²) in [6.07, 6.45) is 4.49. The number of para-hydroxylation sites is 1. The number of nitrogens with one attached hydrogen (secondary N) is 1. The summed E-state index contributed by atoms with van der Waals surface area (Å²) < 4.78 is 7.84. The van der Waals surface area contributed by atoms with Crippen LogP contribution in [0.2, 0.25) is 0 Å². The summed E-state index contributed by atoms with van der Waals surface area (Å²) in [6, 6.07) is 17.0. The summed E-state index contributed by atoms with van der Waals surface area (Å²) in [5.74, 6) is 0.488. The van der Waals surface area contributed by atoms with Crippen molar-refractivity contribution in [2.24, 2.45) is 0 Å². The Kier molecular flexibility index (Phi) is 6.03. The third-order valence-corrected chi connectivity index (χ3v) is 6.14. The molecule has 1 atom stereocenters. The van der Waals surface area contributed by atoms with E-state index in [-0.39, 0.29) is 12.0 Å². The largest absolute Gasteiger partial charge is 0.376 e. The number of thioether (sulfide) groups is 1. The topological polar surface area (TPSA) is 43.3 Å². The van der Waals surface area contributed by atoms with Crippen LogP contribution in [0.4, 0.5) is 0 Å². The molecular formula is C23H26N2O2S. The first-order valence-electron chi connectivity index (χ1n) is 9.83. The predicted molar refractivity (Wildman–Crippen MR) is 115 cm³/mol. The van der Waals surface area contributed by atoms with Crippen LogP contribution in [0.25, 0.3) is 10.9 Å². The van der Waals surface area contributed by atoms with Crippen LogP contribution in [0.15, 0.2) is 59.6 Å². The van der Waals surface area contributed by atoms with Crippen molar-refractivity contribution in [2.75, 3.05) is 18.9 Å². The Bertz CT molecular complexity index is 960. The molecule has 2 heterocycles. The number of hydrogen-bond acceptors (Lipinski definition) is 3. The van der Waals surface area contributed by atoms with E-state index in [1.54, 1.807) is 11.8 Å². The molecule has 0 saturated carbocycles. The average molecular weight is 395 g/mol. The van der Waals surface area contributed by atoms with Crippen molar-refractivity contribution < 1.29 is 9.53 Å². The van der Waals surface area contributed by atoms with E-state index < -0.39 is 0 Å². The van der Waals surface area contributed by atoms with Crippen molar-refractivity contribution in [3.63, 3.8) is 0 Å². The van der Waals surface area contributed by atoms with Gasteiger partial charge in [-0.1, -0.05) is 48.0 Å². The zero-order valence-electron chi connectivity index (χ0n) is 16.2. The lowest BCUT2D eigenvalue weighted by molar-refractivity contribution is -0.119. The van der Waals surface area contributed by atoms with Gasteiger partial charge in [-0.15, -0.1) is 11.8 Å². The van der Waals surface area contributed by atoms with Crippen LogP contribution in [0.5, 0.6) is 0 Å². The number of hydrogen-bond donors (Lipinski definition) is 1. The van der Waals surface area contributed by atoms with E-state index in [0.29, 0.717) is 12.3 Å². The van der Waals surface area contributed by atoms with Crippen molar-refractivity contribution in [2.45, 2.75) is 37.3 Å². The molecule has 1 amide bonds. The van der Waals surface area contributed by atoms with Crippen molar-refractivity contribution in [1.29, 1.82) is 0 Å². The van der Waals surface area contributed by atoms with Gasteiger partial charge in [-0.05, 0) is 31.4 Å². The molecule has 1 unspecified atom stereocenters. The highest BCUT2D eigenvalue weighted by Gasteiger charge is 2.16. The first-order chi connectivity index (χ1) is 13.7. The van der Waals surface area contributed by atoms with Crippen LogP contribution in [-0.2, 0) is 16.1 Å². The second-order valence-corrected chi connectivity index (χ2v) is 8.37. The molecule has 1 N–H and O–H groups in total. The summed E-state index contributed by atoms with van der Waals surface area (Å²) in [7, 11) is 0. The first kappa shape index (κ1) is 19.1. The van der Waals surface area contributed by atoms with Crippen LogP contribution in [0, 0.1) is 6.92 Å². The molecule has 1 fully saturated rings. The highest BCUT2D eigenvalue weighted by Crippen LogP contribution is 2.30. The van der Waals surface area contributed by atoms with Gasteiger partial charge in [0.15, 0.2) is 0 Å². The number of fused-ring (bicyclic) bond motifs is 1. The Morgan fingerprint density at radius 1 is 1.25 bits per heavy atom. The first-order valence-corrected chi connectivity index (χ1v) is 10.8. The highest BCUT2D eigenvalue weighted by atomic mass is 32.2. The minimum atomic E-state index is 0.0658. The molecule has 0 spiro atoms. The number of aromatic nitrogens is 1. The van der Waals surface area contributed by atoms with Crippen molar-refractivity contribution in [3.8, 4) is 0 Å². The van der Waals surface area contributed by atoms with E-state index in [1.807, 2.05) is 0 Å². The number of carbonyl (C=O) groups is 1. The van der Waals surface area contributed by atoms with E-state index in [1.165, 1.54) is 22.0 Å². The Labute approximate surface area is 170 Å². The van der Waals surface area contributed by atoms with Gasteiger partial charge < -0.3 is 14.6 Å². The normalized spacial score (nSPS) is 16.5. The Morgan fingerprint density at radius 3 is 2.96 bits per heavy atom. The van der Waals surface area contributed by atoms with E-state index in [2.05, 4.69) is 71.5 Å². The van der Waals surface area contributed by atoms with Gasteiger partial charge in [0.1, 0.15) is 0 Å². The Morgan fingerprint density at radius 2 is 2.14 bits per heavy atom. The maximum Gasteiger partial charge on any atom is 0.230 e.